The highest BCUT2D eigenvalue weighted by Crippen LogP contribution is 2.22. The summed E-state index contributed by atoms with van der Waals surface area (Å²) in [5.41, 5.74) is 2.42. The number of halogens is 2. The molecule has 0 unspecified atom stereocenters. The Morgan fingerprint density at radius 1 is 1.19 bits per heavy atom. The van der Waals surface area contributed by atoms with E-state index in [1.807, 2.05) is 25.1 Å². The van der Waals surface area contributed by atoms with Gasteiger partial charge in [0.15, 0.2) is 0 Å². The molecule has 1 heterocycles. The van der Waals surface area contributed by atoms with Gasteiger partial charge in [0.2, 0.25) is 0 Å². The van der Waals surface area contributed by atoms with Gasteiger partial charge in [-0.25, -0.2) is 9.37 Å². The molecule has 0 radical (unpaired) electrons. The van der Waals surface area contributed by atoms with Gasteiger partial charge >= 0.3 is 0 Å². The van der Waals surface area contributed by atoms with Gasteiger partial charge in [0.25, 0.3) is 5.91 Å². The first kappa shape index (κ1) is 18.8. The van der Waals surface area contributed by atoms with Gasteiger partial charge in [0.1, 0.15) is 16.8 Å². The van der Waals surface area contributed by atoms with Crippen LogP contribution in [-0.4, -0.2) is 15.9 Å². The lowest BCUT2D eigenvalue weighted by atomic mass is 10.1. The smallest absolute Gasteiger partial charge is 0.255 e. The fraction of sp³-hybridized carbons (Fsp3) is 0.150. The third-order valence-corrected chi connectivity index (χ3v) is 4.22. The third kappa shape index (κ3) is 4.80. The Morgan fingerprint density at radius 2 is 2.00 bits per heavy atom. The SMILES string of the molecule is Cc1cc(C(=O)Nc2cccc([C@H](C)Nc3cncc(Cl)n3)c2)ccc1F. The van der Waals surface area contributed by atoms with Gasteiger partial charge in [0, 0.05) is 11.3 Å². The van der Waals surface area contributed by atoms with Crippen LogP contribution in [0.25, 0.3) is 0 Å². The first-order valence-corrected chi connectivity index (χ1v) is 8.72. The van der Waals surface area contributed by atoms with Gasteiger partial charge < -0.3 is 10.6 Å². The zero-order chi connectivity index (χ0) is 19.4. The monoisotopic (exact) mass is 384 g/mol. The van der Waals surface area contributed by atoms with E-state index in [-0.39, 0.29) is 17.8 Å². The second-order valence-electron chi connectivity index (χ2n) is 6.14. The molecule has 2 N–H and O–H groups in total. The van der Waals surface area contributed by atoms with Crippen LogP contribution in [0.15, 0.2) is 54.9 Å². The first-order valence-electron chi connectivity index (χ1n) is 8.34. The van der Waals surface area contributed by atoms with E-state index in [9.17, 15) is 9.18 Å². The number of nitrogens with one attached hydrogen (secondary N) is 2. The Hall–Kier alpha value is -2.99. The van der Waals surface area contributed by atoms with Crippen molar-refractivity contribution in [1.82, 2.24) is 9.97 Å². The molecule has 0 fully saturated rings. The van der Waals surface area contributed by atoms with Gasteiger partial charge in [-0.15, -0.1) is 0 Å². The maximum atomic E-state index is 13.4. The Bertz CT molecular complexity index is 980. The number of aryl methyl sites for hydroxylation is 1. The topological polar surface area (TPSA) is 66.9 Å². The van der Waals surface area contributed by atoms with Crippen molar-refractivity contribution in [3.05, 3.63) is 82.5 Å². The maximum Gasteiger partial charge on any atom is 0.255 e. The second kappa shape index (κ2) is 8.14. The first-order chi connectivity index (χ1) is 12.9. The molecule has 27 heavy (non-hydrogen) atoms. The second-order valence-corrected chi connectivity index (χ2v) is 6.52. The molecule has 0 saturated carbocycles. The molecular weight excluding hydrogens is 367 g/mol. The van der Waals surface area contributed by atoms with Gasteiger partial charge in [0.05, 0.1) is 18.4 Å². The van der Waals surface area contributed by atoms with E-state index in [0.29, 0.717) is 27.8 Å². The number of rotatable bonds is 5. The molecule has 0 bridgehead atoms. The third-order valence-electron chi connectivity index (χ3n) is 4.03. The lowest BCUT2D eigenvalue weighted by Gasteiger charge is -2.16. The van der Waals surface area contributed by atoms with E-state index in [1.165, 1.54) is 24.4 Å². The minimum atomic E-state index is -0.336. The number of carbonyl (C=O) groups excluding carboxylic acids is 1. The van der Waals surface area contributed by atoms with Crippen LogP contribution in [-0.2, 0) is 0 Å². The summed E-state index contributed by atoms with van der Waals surface area (Å²) >= 11 is 5.85. The van der Waals surface area contributed by atoms with Crippen molar-refractivity contribution < 1.29 is 9.18 Å². The van der Waals surface area contributed by atoms with E-state index >= 15 is 0 Å². The van der Waals surface area contributed by atoms with Gasteiger partial charge in [-0.05, 0) is 55.3 Å². The van der Waals surface area contributed by atoms with Crippen LogP contribution in [0.2, 0.25) is 5.15 Å². The predicted molar refractivity (Wildman–Crippen MR) is 105 cm³/mol. The molecule has 1 aromatic heterocycles. The molecule has 3 rings (SSSR count). The average molecular weight is 385 g/mol. The number of anilines is 2. The van der Waals surface area contributed by atoms with Crippen molar-refractivity contribution in [2.75, 3.05) is 10.6 Å². The number of hydrogen-bond acceptors (Lipinski definition) is 4. The summed E-state index contributed by atoms with van der Waals surface area (Å²) in [5.74, 6) is -0.0691. The minimum Gasteiger partial charge on any atom is -0.362 e. The Kier molecular flexibility index (Phi) is 5.66. The fourth-order valence-electron chi connectivity index (χ4n) is 2.59. The molecule has 2 aromatic carbocycles. The molecule has 1 atom stereocenters. The van der Waals surface area contributed by atoms with Crippen molar-refractivity contribution >= 4 is 29.0 Å². The van der Waals surface area contributed by atoms with Crippen molar-refractivity contribution in [3.63, 3.8) is 0 Å². The minimum absolute atomic E-state index is 0.0808. The fourth-order valence-corrected chi connectivity index (χ4v) is 2.74. The zero-order valence-corrected chi connectivity index (χ0v) is 15.6. The summed E-state index contributed by atoms with van der Waals surface area (Å²) < 4.78 is 13.4. The molecule has 0 saturated heterocycles. The van der Waals surface area contributed by atoms with Gasteiger partial charge in [-0.3, -0.25) is 9.78 Å². The molecular formula is C20H18ClFN4O. The average Bonchev–Trinajstić information content (AvgIpc) is 2.64. The van der Waals surface area contributed by atoms with Crippen molar-refractivity contribution in [2.24, 2.45) is 0 Å². The number of amides is 1. The lowest BCUT2D eigenvalue weighted by Crippen LogP contribution is -2.13. The van der Waals surface area contributed by atoms with E-state index < -0.39 is 0 Å². The highest BCUT2D eigenvalue weighted by atomic mass is 35.5. The summed E-state index contributed by atoms with van der Waals surface area (Å²) in [4.78, 5) is 20.6. The van der Waals surface area contributed by atoms with Crippen LogP contribution in [0.5, 0.6) is 0 Å². The lowest BCUT2D eigenvalue weighted by molar-refractivity contribution is 0.102. The van der Waals surface area contributed by atoms with E-state index in [0.717, 1.165) is 5.56 Å². The summed E-state index contributed by atoms with van der Waals surface area (Å²) in [6, 6.07) is 11.6. The normalized spacial score (nSPS) is 11.7. The number of aromatic nitrogens is 2. The predicted octanol–water partition coefficient (Wildman–Crippen LogP) is 5.00. The molecule has 1 amide bonds. The van der Waals surface area contributed by atoms with Crippen LogP contribution < -0.4 is 10.6 Å². The van der Waals surface area contributed by atoms with Crippen molar-refractivity contribution in [3.8, 4) is 0 Å². The number of benzene rings is 2. The number of carbonyl (C=O) groups is 1. The Balaban J connectivity index is 1.72. The van der Waals surface area contributed by atoms with Crippen LogP contribution in [0.1, 0.15) is 34.5 Å². The van der Waals surface area contributed by atoms with Crippen LogP contribution in [0.3, 0.4) is 0 Å². The molecule has 5 nitrogen and oxygen atoms in total. The van der Waals surface area contributed by atoms with E-state index in [4.69, 9.17) is 11.6 Å². The largest absolute Gasteiger partial charge is 0.362 e. The molecule has 0 aliphatic carbocycles. The molecule has 0 aliphatic rings. The molecule has 3 aromatic rings. The molecule has 138 valence electrons. The summed E-state index contributed by atoms with van der Waals surface area (Å²) in [6.45, 7) is 3.59. The van der Waals surface area contributed by atoms with Crippen molar-refractivity contribution in [1.29, 1.82) is 0 Å². The summed E-state index contributed by atoms with van der Waals surface area (Å²) in [5, 5.41) is 6.36. The van der Waals surface area contributed by atoms with Crippen LogP contribution >= 0.6 is 11.6 Å². The number of nitrogens with zero attached hydrogens (tertiary/aromatic N) is 2. The highest BCUT2D eigenvalue weighted by molar-refractivity contribution is 6.29. The van der Waals surface area contributed by atoms with Crippen molar-refractivity contribution in [2.45, 2.75) is 19.9 Å². The highest BCUT2D eigenvalue weighted by Gasteiger charge is 2.11. The number of hydrogen-bond donors (Lipinski definition) is 2. The van der Waals surface area contributed by atoms with Crippen LogP contribution in [0, 0.1) is 12.7 Å². The quantitative estimate of drug-likeness (QED) is 0.649. The molecule has 7 heteroatoms. The van der Waals surface area contributed by atoms with Gasteiger partial charge in [-0.1, -0.05) is 23.7 Å². The molecule has 0 spiro atoms. The Morgan fingerprint density at radius 3 is 2.74 bits per heavy atom. The van der Waals surface area contributed by atoms with Crippen LogP contribution in [0.4, 0.5) is 15.9 Å². The van der Waals surface area contributed by atoms with Gasteiger partial charge in [-0.2, -0.15) is 0 Å². The maximum absolute atomic E-state index is 13.4. The zero-order valence-electron chi connectivity index (χ0n) is 14.8. The Labute approximate surface area is 161 Å². The summed E-state index contributed by atoms with van der Waals surface area (Å²) in [7, 11) is 0. The molecule has 0 aliphatic heterocycles. The summed E-state index contributed by atoms with van der Waals surface area (Å²) in [6.07, 6.45) is 3.05. The standard InChI is InChI=1S/C20H18ClFN4O/c1-12-8-15(6-7-17(12)22)20(27)25-16-5-3-4-14(9-16)13(2)24-19-11-23-10-18(21)26-19/h3-11,13H,1-2H3,(H,24,26)(H,25,27)/t13-/m0/s1. The van der Waals surface area contributed by atoms with E-state index in [1.54, 1.807) is 19.2 Å². The van der Waals surface area contributed by atoms with E-state index in [2.05, 4.69) is 20.6 Å².